The molecule has 4 heteroatoms. The predicted molar refractivity (Wildman–Crippen MR) is 70.4 cm³/mol. The zero-order valence-electron chi connectivity index (χ0n) is 9.74. The molecular weight excluding hydrogens is 250 g/mol. The largest absolute Gasteiger partial charge is 0.478 e. The van der Waals surface area contributed by atoms with Crippen molar-refractivity contribution in [2.45, 2.75) is 25.7 Å². The van der Waals surface area contributed by atoms with Crippen LogP contribution in [0, 0.1) is 0 Å². The van der Waals surface area contributed by atoms with Gasteiger partial charge in [-0.25, -0.2) is 4.79 Å². The van der Waals surface area contributed by atoms with Gasteiger partial charge in [-0.2, -0.15) is 0 Å². The number of carbonyl (C=O) groups is 1. The molecule has 1 heterocycles. The Morgan fingerprint density at radius 2 is 2.06 bits per heavy atom. The molecule has 0 amide bonds. The lowest BCUT2D eigenvalue weighted by molar-refractivity contribution is 0.0697. The molecule has 0 radical (unpaired) electrons. The minimum absolute atomic E-state index is 0.386. The molecule has 1 aromatic carbocycles. The minimum Gasteiger partial charge on any atom is -0.478 e. The number of carboxylic acids is 1. The number of aromatic nitrogens is 1. The van der Waals surface area contributed by atoms with Crippen LogP contribution < -0.4 is 0 Å². The lowest BCUT2D eigenvalue weighted by atomic mass is 9.90. The number of rotatable bonds is 1. The Morgan fingerprint density at radius 1 is 1.28 bits per heavy atom. The van der Waals surface area contributed by atoms with Crippen LogP contribution in [0.4, 0.5) is 0 Å². The number of carboxylic acid groups (broad SMARTS) is 1. The fourth-order valence-corrected chi connectivity index (χ4v) is 2.87. The average Bonchev–Trinajstić information content (AvgIpc) is 2.36. The van der Waals surface area contributed by atoms with Gasteiger partial charge in [-0.05, 0) is 37.3 Å². The molecule has 3 rings (SSSR count). The van der Waals surface area contributed by atoms with Crippen LogP contribution in [-0.4, -0.2) is 16.1 Å². The first-order chi connectivity index (χ1) is 8.68. The first kappa shape index (κ1) is 11.5. The first-order valence-corrected chi connectivity index (χ1v) is 6.39. The van der Waals surface area contributed by atoms with E-state index in [0.717, 1.165) is 36.9 Å². The van der Waals surface area contributed by atoms with E-state index in [2.05, 4.69) is 4.98 Å². The third-order valence-corrected chi connectivity index (χ3v) is 3.76. The van der Waals surface area contributed by atoms with E-state index < -0.39 is 5.97 Å². The van der Waals surface area contributed by atoms with Crippen LogP contribution in [0.25, 0.3) is 10.9 Å². The smallest absolute Gasteiger partial charge is 0.336 e. The molecule has 18 heavy (non-hydrogen) atoms. The van der Waals surface area contributed by atoms with Gasteiger partial charge in [-0.3, -0.25) is 4.98 Å². The van der Waals surface area contributed by atoms with E-state index in [1.54, 1.807) is 18.2 Å². The van der Waals surface area contributed by atoms with Crippen LogP contribution in [0.2, 0.25) is 5.02 Å². The van der Waals surface area contributed by atoms with E-state index in [1.807, 2.05) is 0 Å². The molecule has 1 aromatic heterocycles. The summed E-state index contributed by atoms with van der Waals surface area (Å²) in [6.07, 6.45) is 3.74. The molecule has 0 bridgehead atoms. The number of hydrogen-bond donors (Lipinski definition) is 1. The molecule has 0 unspecified atom stereocenters. The molecule has 0 saturated carbocycles. The van der Waals surface area contributed by atoms with Crippen molar-refractivity contribution < 1.29 is 9.90 Å². The summed E-state index contributed by atoms with van der Waals surface area (Å²) in [6, 6.07) is 5.30. The van der Waals surface area contributed by atoms with Gasteiger partial charge in [0.2, 0.25) is 0 Å². The molecule has 92 valence electrons. The fraction of sp³-hybridized carbons (Fsp3) is 0.286. The van der Waals surface area contributed by atoms with Gasteiger partial charge in [-0.1, -0.05) is 23.7 Å². The van der Waals surface area contributed by atoms with Gasteiger partial charge in [0, 0.05) is 11.1 Å². The highest BCUT2D eigenvalue weighted by Gasteiger charge is 2.22. The van der Waals surface area contributed by atoms with E-state index >= 15 is 0 Å². The Morgan fingerprint density at radius 3 is 2.83 bits per heavy atom. The average molecular weight is 262 g/mol. The highest BCUT2D eigenvalue weighted by molar-refractivity contribution is 6.35. The van der Waals surface area contributed by atoms with Crippen molar-refractivity contribution in [3.8, 4) is 0 Å². The quantitative estimate of drug-likeness (QED) is 0.855. The van der Waals surface area contributed by atoms with E-state index in [9.17, 15) is 9.90 Å². The molecule has 0 atom stereocenters. The highest BCUT2D eigenvalue weighted by atomic mass is 35.5. The van der Waals surface area contributed by atoms with Gasteiger partial charge in [-0.15, -0.1) is 0 Å². The van der Waals surface area contributed by atoms with E-state index in [4.69, 9.17) is 11.6 Å². The minimum atomic E-state index is -0.886. The summed E-state index contributed by atoms with van der Waals surface area (Å²) >= 11 is 6.12. The molecule has 0 spiro atoms. The Kier molecular flexibility index (Phi) is 2.71. The molecule has 1 N–H and O–H groups in total. The summed E-state index contributed by atoms with van der Waals surface area (Å²) in [7, 11) is 0. The summed E-state index contributed by atoms with van der Waals surface area (Å²) in [5.74, 6) is -0.886. The lowest BCUT2D eigenvalue weighted by Gasteiger charge is -2.19. The van der Waals surface area contributed by atoms with Crippen molar-refractivity contribution in [3.05, 3.63) is 40.0 Å². The van der Waals surface area contributed by atoms with E-state index in [1.165, 1.54) is 0 Å². The van der Waals surface area contributed by atoms with Crippen LogP contribution >= 0.6 is 11.6 Å². The second-order valence-corrected chi connectivity index (χ2v) is 4.97. The molecular formula is C14H12ClNO2. The standard InChI is InChI=1S/C14H12ClNO2/c15-10-6-3-5-9-12(14(17)18)8-4-1-2-7-11(8)16-13(9)10/h3,5-6H,1-2,4,7H2,(H,17,18). The summed E-state index contributed by atoms with van der Waals surface area (Å²) in [6.45, 7) is 0. The maximum atomic E-state index is 11.5. The second-order valence-electron chi connectivity index (χ2n) is 4.56. The normalized spacial score (nSPS) is 14.5. The van der Waals surface area contributed by atoms with Crippen molar-refractivity contribution in [2.24, 2.45) is 0 Å². The third kappa shape index (κ3) is 1.66. The Bertz CT molecular complexity index is 652. The maximum Gasteiger partial charge on any atom is 0.336 e. The third-order valence-electron chi connectivity index (χ3n) is 3.46. The van der Waals surface area contributed by atoms with E-state index in [-0.39, 0.29) is 0 Å². The van der Waals surface area contributed by atoms with Crippen LogP contribution in [0.15, 0.2) is 18.2 Å². The SMILES string of the molecule is O=C(O)c1c2c(nc3c(Cl)cccc13)CCCC2. The predicted octanol–water partition coefficient (Wildman–Crippen LogP) is 3.47. The zero-order valence-corrected chi connectivity index (χ0v) is 10.5. The van der Waals surface area contributed by atoms with Crippen LogP contribution in [0.3, 0.4) is 0 Å². The fourth-order valence-electron chi connectivity index (χ4n) is 2.65. The number of nitrogens with zero attached hydrogens (tertiary/aromatic N) is 1. The monoisotopic (exact) mass is 261 g/mol. The van der Waals surface area contributed by atoms with Gasteiger partial charge in [0.1, 0.15) is 0 Å². The van der Waals surface area contributed by atoms with Gasteiger partial charge in [0.15, 0.2) is 0 Å². The van der Waals surface area contributed by atoms with Gasteiger partial charge >= 0.3 is 5.97 Å². The molecule has 0 aliphatic heterocycles. The second kappa shape index (κ2) is 4.25. The molecule has 3 nitrogen and oxygen atoms in total. The topological polar surface area (TPSA) is 50.2 Å². The number of aryl methyl sites for hydroxylation is 1. The Labute approximate surface area is 109 Å². The maximum absolute atomic E-state index is 11.5. The molecule has 1 aliphatic carbocycles. The molecule has 0 fully saturated rings. The molecule has 0 saturated heterocycles. The molecule has 2 aromatic rings. The van der Waals surface area contributed by atoms with E-state index in [0.29, 0.717) is 21.5 Å². The van der Waals surface area contributed by atoms with Crippen LogP contribution in [0.5, 0.6) is 0 Å². The van der Waals surface area contributed by atoms with Crippen LogP contribution in [0.1, 0.15) is 34.5 Å². The Balaban J connectivity index is 2.44. The lowest BCUT2D eigenvalue weighted by Crippen LogP contribution is -2.13. The number of para-hydroxylation sites is 1. The number of aromatic carboxylic acids is 1. The molecule has 1 aliphatic rings. The van der Waals surface area contributed by atoms with Crippen molar-refractivity contribution in [1.29, 1.82) is 0 Å². The van der Waals surface area contributed by atoms with Crippen molar-refractivity contribution in [1.82, 2.24) is 4.98 Å². The van der Waals surface area contributed by atoms with Crippen molar-refractivity contribution in [2.75, 3.05) is 0 Å². The van der Waals surface area contributed by atoms with Gasteiger partial charge in [0.25, 0.3) is 0 Å². The van der Waals surface area contributed by atoms with Gasteiger partial charge < -0.3 is 5.11 Å². The zero-order chi connectivity index (χ0) is 12.7. The van der Waals surface area contributed by atoms with Gasteiger partial charge in [0.05, 0.1) is 16.1 Å². The van der Waals surface area contributed by atoms with Crippen molar-refractivity contribution >= 4 is 28.5 Å². The number of hydrogen-bond acceptors (Lipinski definition) is 2. The summed E-state index contributed by atoms with van der Waals surface area (Å²) in [4.78, 5) is 16.1. The number of pyridine rings is 1. The number of fused-ring (bicyclic) bond motifs is 2. The number of halogens is 1. The summed E-state index contributed by atoms with van der Waals surface area (Å²) in [5, 5.41) is 10.6. The highest BCUT2D eigenvalue weighted by Crippen LogP contribution is 2.32. The van der Waals surface area contributed by atoms with Crippen LogP contribution in [-0.2, 0) is 12.8 Å². The summed E-state index contributed by atoms with van der Waals surface area (Å²) < 4.78 is 0. The van der Waals surface area contributed by atoms with Crippen molar-refractivity contribution in [3.63, 3.8) is 0 Å². The first-order valence-electron chi connectivity index (χ1n) is 6.02. The Hall–Kier alpha value is -1.61. The summed E-state index contributed by atoms with van der Waals surface area (Å²) in [5.41, 5.74) is 2.79. The number of benzene rings is 1.